The summed E-state index contributed by atoms with van der Waals surface area (Å²) in [6, 6.07) is 18.7. The molecule has 1 nitrogen and oxygen atoms in total. The topological polar surface area (TPSA) is 12.0 Å². The highest BCUT2D eigenvalue weighted by Gasteiger charge is 2.38. The maximum atomic E-state index is 3.72. The molecule has 0 amide bonds. The van der Waals surface area contributed by atoms with Crippen molar-refractivity contribution in [3.8, 4) is 0 Å². The van der Waals surface area contributed by atoms with E-state index in [1.807, 2.05) is 0 Å². The number of benzene rings is 2. The zero-order chi connectivity index (χ0) is 14.9. The fourth-order valence-corrected chi connectivity index (χ4v) is 3.55. The van der Waals surface area contributed by atoms with Gasteiger partial charge in [-0.25, -0.2) is 0 Å². The van der Waals surface area contributed by atoms with Crippen molar-refractivity contribution in [2.24, 2.45) is 0 Å². The van der Waals surface area contributed by atoms with Crippen molar-refractivity contribution in [1.29, 1.82) is 0 Å². The SMILES string of the molecule is Cc1ccc(C(C)(c2ccc(C)cc2)C2CCCN2)cc1. The van der Waals surface area contributed by atoms with E-state index < -0.39 is 0 Å². The monoisotopic (exact) mass is 279 g/mol. The van der Waals surface area contributed by atoms with Gasteiger partial charge < -0.3 is 5.32 Å². The molecule has 0 radical (unpaired) electrons. The quantitative estimate of drug-likeness (QED) is 0.880. The zero-order valence-corrected chi connectivity index (χ0v) is 13.3. The summed E-state index contributed by atoms with van der Waals surface area (Å²) < 4.78 is 0. The van der Waals surface area contributed by atoms with E-state index in [0.29, 0.717) is 6.04 Å². The van der Waals surface area contributed by atoms with Crippen molar-refractivity contribution in [3.63, 3.8) is 0 Å². The molecule has 0 aromatic heterocycles. The van der Waals surface area contributed by atoms with Crippen LogP contribution in [0.25, 0.3) is 0 Å². The first-order valence-corrected chi connectivity index (χ1v) is 7.98. The van der Waals surface area contributed by atoms with E-state index in [1.165, 1.54) is 35.1 Å². The Labute approximate surface area is 128 Å². The van der Waals surface area contributed by atoms with Crippen molar-refractivity contribution in [3.05, 3.63) is 70.8 Å². The van der Waals surface area contributed by atoms with Gasteiger partial charge in [0.15, 0.2) is 0 Å². The molecule has 110 valence electrons. The second kappa shape index (κ2) is 5.65. The number of nitrogens with one attached hydrogen (secondary N) is 1. The highest BCUT2D eigenvalue weighted by atomic mass is 15.0. The van der Waals surface area contributed by atoms with E-state index in [4.69, 9.17) is 0 Å². The van der Waals surface area contributed by atoms with Crippen molar-refractivity contribution in [1.82, 2.24) is 5.32 Å². The number of hydrogen-bond acceptors (Lipinski definition) is 1. The van der Waals surface area contributed by atoms with Crippen molar-refractivity contribution < 1.29 is 0 Å². The van der Waals surface area contributed by atoms with Gasteiger partial charge in [0.2, 0.25) is 0 Å². The average molecular weight is 279 g/mol. The fourth-order valence-electron chi connectivity index (χ4n) is 3.55. The Morgan fingerprint density at radius 3 is 1.71 bits per heavy atom. The molecule has 1 aliphatic heterocycles. The Hall–Kier alpha value is -1.60. The van der Waals surface area contributed by atoms with Gasteiger partial charge in [0.1, 0.15) is 0 Å². The molecule has 0 spiro atoms. The number of hydrogen-bond donors (Lipinski definition) is 1. The Morgan fingerprint density at radius 2 is 1.33 bits per heavy atom. The molecule has 21 heavy (non-hydrogen) atoms. The van der Waals surface area contributed by atoms with Gasteiger partial charge in [-0.3, -0.25) is 0 Å². The minimum absolute atomic E-state index is 0.0396. The van der Waals surface area contributed by atoms with Crippen LogP contribution in [0.4, 0.5) is 0 Å². The molecule has 0 bridgehead atoms. The van der Waals surface area contributed by atoms with E-state index in [-0.39, 0.29) is 5.41 Å². The second-order valence-electron chi connectivity index (χ2n) is 6.58. The molecule has 3 rings (SSSR count). The molecule has 0 aliphatic carbocycles. The predicted molar refractivity (Wildman–Crippen MR) is 89.8 cm³/mol. The van der Waals surface area contributed by atoms with Gasteiger partial charge in [-0.2, -0.15) is 0 Å². The molecule has 1 heteroatoms. The summed E-state index contributed by atoms with van der Waals surface area (Å²) in [5.41, 5.74) is 5.51. The molecular weight excluding hydrogens is 254 g/mol. The van der Waals surface area contributed by atoms with Crippen LogP contribution in [0.2, 0.25) is 0 Å². The van der Waals surface area contributed by atoms with Crippen LogP contribution in [0, 0.1) is 13.8 Å². The normalized spacial score (nSPS) is 18.9. The molecule has 1 heterocycles. The molecule has 1 aliphatic rings. The lowest BCUT2D eigenvalue weighted by atomic mass is 9.70. The van der Waals surface area contributed by atoms with Crippen LogP contribution in [0.1, 0.15) is 42.0 Å². The maximum Gasteiger partial charge on any atom is 0.0327 e. The van der Waals surface area contributed by atoms with E-state index in [1.54, 1.807) is 0 Å². The van der Waals surface area contributed by atoms with Crippen molar-refractivity contribution in [2.45, 2.75) is 45.1 Å². The summed E-state index contributed by atoms with van der Waals surface area (Å²) in [6.45, 7) is 7.84. The summed E-state index contributed by atoms with van der Waals surface area (Å²) in [5.74, 6) is 0. The largest absolute Gasteiger partial charge is 0.313 e. The summed E-state index contributed by atoms with van der Waals surface area (Å²) in [5, 5.41) is 3.72. The van der Waals surface area contributed by atoms with Gasteiger partial charge in [-0.15, -0.1) is 0 Å². The fraction of sp³-hybridized carbons (Fsp3) is 0.400. The maximum absolute atomic E-state index is 3.72. The summed E-state index contributed by atoms with van der Waals surface area (Å²) in [4.78, 5) is 0. The van der Waals surface area contributed by atoms with Gasteiger partial charge in [-0.1, -0.05) is 59.7 Å². The lowest BCUT2D eigenvalue weighted by Gasteiger charge is -2.37. The van der Waals surface area contributed by atoms with Crippen LogP contribution in [-0.4, -0.2) is 12.6 Å². The highest BCUT2D eigenvalue weighted by molar-refractivity contribution is 5.42. The lowest BCUT2D eigenvalue weighted by Crippen LogP contribution is -2.43. The third-order valence-electron chi connectivity index (χ3n) is 5.06. The van der Waals surface area contributed by atoms with Crippen LogP contribution in [0.3, 0.4) is 0 Å². The van der Waals surface area contributed by atoms with Crippen molar-refractivity contribution in [2.75, 3.05) is 6.54 Å². The second-order valence-corrected chi connectivity index (χ2v) is 6.58. The molecule has 1 fully saturated rings. The summed E-state index contributed by atoms with van der Waals surface area (Å²) in [7, 11) is 0. The number of rotatable bonds is 3. The molecule has 1 N–H and O–H groups in total. The zero-order valence-electron chi connectivity index (χ0n) is 13.3. The molecule has 0 saturated carbocycles. The smallest absolute Gasteiger partial charge is 0.0327 e. The Kier molecular flexibility index (Phi) is 3.86. The van der Waals surface area contributed by atoms with Crippen LogP contribution in [-0.2, 0) is 5.41 Å². The molecular formula is C20H25N. The van der Waals surface area contributed by atoms with Crippen molar-refractivity contribution >= 4 is 0 Å². The van der Waals surface area contributed by atoms with Gasteiger partial charge in [0.05, 0.1) is 0 Å². The first kappa shape index (κ1) is 14.3. The minimum Gasteiger partial charge on any atom is -0.313 e. The summed E-state index contributed by atoms with van der Waals surface area (Å²) in [6.07, 6.45) is 2.52. The first-order chi connectivity index (χ1) is 10.1. The molecule has 1 saturated heterocycles. The minimum atomic E-state index is 0.0396. The highest BCUT2D eigenvalue weighted by Crippen LogP contribution is 2.38. The van der Waals surface area contributed by atoms with E-state index >= 15 is 0 Å². The van der Waals surface area contributed by atoms with Gasteiger partial charge in [0.25, 0.3) is 0 Å². The third-order valence-corrected chi connectivity index (χ3v) is 5.06. The van der Waals surface area contributed by atoms with Crippen LogP contribution in [0.15, 0.2) is 48.5 Å². The third kappa shape index (κ3) is 2.63. The Bertz CT molecular complexity index is 543. The van der Waals surface area contributed by atoms with Crippen LogP contribution < -0.4 is 5.32 Å². The molecule has 2 aromatic rings. The standard InChI is InChI=1S/C20H25N/c1-15-6-10-17(11-7-15)20(3,19-5-4-14-21-19)18-12-8-16(2)9-13-18/h6-13,19,21H,4-5,14H2,1-3H3. The lowest BCUT2D eigenvalue weighted by molar-refractivity contribution is 0.407. The Balaban J connectivity index is 2.09. The molecule has 2 aromatic carbocycles. The van der Waals surface area contributed by atoms with E-state index in [0.717, 1.165) is 6.54 Å². The van der Waals surface area contributed by atoms with E-state index in [9.17, 15) is 0 Å². The Morgan fingerprint density at radius 1 is 0.857 bits per heavy atom. The molecule has 1 unspecified atom stereocenters. The number of aryl methyl sites for hydroxylation is 2. The van der Waals surface area contributed by atoms with E-state index in [2.05, 4.69) is 74.6 Å². The average Bonchev–Trinajstić information content (AvgIpc) is 3.02. The van der Waals surface area contributed by atoms with Crippen LogP contribution in [0.5, 0.6) is 0 Å². The predicted octanol–water partition coefficient (Wildman–Crippen LogP) is 4.36. The van der Waals surface area contributed by atoms with Gasteiger partial charge >= 0.3 is 0 Å². The summed E-state index contributed by atoms with van der Waals surface area (Å²) >= 11 is 0. The van der Waals surface area contributed by atoms with Gasteiger partial charge in [0, 0.05) is 11.5 Å². The van der Waals surface area contributed by atoms with Gasteiger partial charge in [-0.05, 0) is 51.3 Å². The van der Waals surface area contributed by atoms with Crippen LogP contribution >= 0.6 is 0 Å². The first-order valence-electron chi connectivity index (χ1n) is 7.98. The molecule has 1 atom stereocenters.